The second kappa shape index (κ2) is 7.49. The van der Waals surface area contributed by atoms with Gasteiger partial charge in [0.1, 0.15) is 18.0 Å². The van der Waals surface area contributed by atoms with Gasteiger partial charge in [-0.3, -0.25) is 5.32 Å². The molecule has 0 radical (unpaired) electrons. The largest absolute Gasteiger partial charge is 0.496 e. The molecule has 0 unspecified atom stereocenters. The second-order valence-corrected chi connectivity index (χ2v) is 10.3. The van der Waals surface area contributed by atoms with Crippen LogP contribution in [0.1, 0.15) is 32.8 Å². The van der Waals surface area contributed by atoms with E-state index >= 15 is 0 Å². The number of thiazole rings is 1. The first kappa shape index (κ1) is 20.3. The van der Waals surface area contributed by atoms with Crippen molar-refractivity contribution in [2.75, 3.05) is 18.5 Å². The van der Waals surface area contributed by atoms with Crippen LogP contribution in [0, 0.1) is 0 Å². The fourth-order valence-corrected chi connectivity index (χ4v) is 5.12. The van der Waals surface area contributed by atoms with Crippen molar-refractivity contribution >= 4 is 54.5 Å². The van der Waals surface area contributed by atoms with Crippen LogP contribution in [0.3, 0.4) is 0 Å². The van der Waals surface area contributed by atoms with Crippen molar-refractivity contribution in [1.82, 2.24) is 9.88 Å². The number of anilines is 1. The van der Waals surface area contributed by atoms with Crippen molar-refractivity contribution in [1.29, 1.82) is 0 Å². The Morgan fingerprint density at radius 3 is 3.00 bits per heavy atom. The van der Waals surface area contributed by atoms with E-state index in [0.29, 0.717) is 11.7 Å². The molecule has 2 aromatic rings. The number of amides is 1. The highest BCUT2D eigenvalue weighted by Crippen LogP contribution is 2.40. The zero-order valence-corrected chi connectivity index (χ0v) is 19.8. The summed E-state index contributed by atoms with van der Waals surface area (Å²) in [4.78, 5) is 23.6. The molecule has 5 rings (SSSR count). The Hall–Kier alpha value is -2.65. The molecule has 0 saturated carbocycles. The molecule has 0 fully saturated rings. The van der Waals surface area contributed by atoms with E-state index in [1.165, 1.54) is 22.6 Å². The molecule has 0 bridgehead atoms. The van der Waals surface area contributed by atoms with E-state index in [1.807, 2.05) is 39.1 Å². The Kier molecular flexibility index (Phi) is 4.90. The molecule has 1 N–H and O–H groups in total. The lowest BCUT2D eigenvalue weighted by Crippen LogP contribution is -2.31. The number of fused-ring (bicyclic) bond motifs is 1. The molecule has 1 aromatic heterocycles. The summed E-state index contributed by atoms with van der Waals surface area (Å²) in [5, 5.41) is 3.24. The third kappa shape index (κ3) is 3.87. The number of carbonyl (C=O) groups is 1. The number of rotatable bonds is 2. The molecule has 7 nitrogen and oxygen atoms in total. The highest BCUT2D eigenvalue weighted by molar-refractivity contribution is 9.12. The highest BCUT2D eigenvalue weighted by atomic mass is 79.9. The lowest BCUT2D eigenvalue weighted by Gasteiger charge is -2.28. The number of halogens is 1. The lowest BCUT2D eigenvalue weighted by molar-refractivity contribution is 0.0636. The number of allylic oxidation sites excluding steroid dienone is 1. The van der Waals surface area contributed by atoms with E-state index in [9.17, 15) is 4.79 Å². The fraction of sp³-hybridized carbons (Fsp3) is 0.318. The quantitative estimate of drug-likeness (QED) is 0.587. The third-order valence-corrected chi connectivity index (χ3v) is 6.57. The number of ether oxygens (including phenoxy) is 2. The normalized spacial score (nSPS) is 18.1. The molecule has 160 valence electrons. The van der Waals surface area contributed by atoms with Crippen LogP contribution in [-0.4, -0.2) is 40.6 Å². The first-order chi connectivity index (χ1) is 14.8. The molecular weight excluding hydrogens is 480 g/mol. The predicted molar refractivity (Wildman–Crippen MR) is 125 cm³/mol. The van der Waals surface area contributed by atoms with Crippen molar-refractivity contribution in [3.8, 4) is 0 Å². The molecule has 3 aliphatic heterocycles. The van der Waals surface area contributed by atoms with Crippen molar-refractivity contribution in [3.63, 3.8) is 0 Å². The fourth-order valence-electron chi connectivity index (χ4n) is 3.80. The first-order valence-electron chi connectivity index (χ1n) is 9.95. The van der Waals surface area contributed by atoms with Crippen molar-refractivity contribution in [3.05, 3.63) is 57.6 Å². The smallest absolute Gasteiger partial charge is 0.413 e. The lowest BCUT2D eigenvalue weighted by atomic mass is 10.1. The summed E-state index contributed by atoms with van der Waals surface area (Å²) in [7, 11) is 0. The average molecular weight is 501 g/mol. The van der Waals surface area contributed by atoms with Crippen LogP contribution in [0.15, 0.2) is 57.0 Å². The zero-order chi connectivity index (χ0) is 21.8. The first-order valence-corrected chi connectivity index (χ1v) is 11.6. The van der Waals surface area contributed by atoms with Crippen LogP contribution < -0.4 is 5.32 Å². The molecule has 1 amide bonds. The molecule has 0 atom stereocenters. The van der Waals surface area contributed by atoms with Crippen LogP contribution in [-0.2, 0) is 9.47 Å². The third-order valence-electron chi connectivity index (χ3n) is 5.02. The van der Waals surface area contributed by atoms with Crippen LogP contribution in [0.5, 0.6) is 0 Å². The summed E-state index contributed by atoms with van der Waals surface area (Å²) < 4.78 is 12.9. The monoisotopic (exact) mass is 500 g/mol. The Morgan fingerprint density at radius 2 is 2.19 bits per heavy atom. The number of nitrogens with one attached hydrogen (secondary N) is 1. The molecule has 3 aliphatic rings. The van der Waals surface area contributed by atoms with E-state index in [2.05, 4.69) is 37.2 Å². The van der Waals surface area contributed by atoms with Gasteiger partial charge in [-0.25, -0.2) is 14.8 Å². The van der Waals surface area contributed by atoms with Crippen molar-refractivity contribution < 1.29 is 14.3 Å². The van der Waals surface area contributed by atoms with Gasteiger partial charge in [0.05, 0.1) is 26.7 Å². The maximum atomic E-state index is 12.1. The minimum atomic E-state index is -0.560. The molecular formula is C22H21BrN4O3S. The van der Waals surface area contributed by atoms with Crippen molar-refractivity contribution in [2.45, 2.75) is 32.8 Å². The summed E-state index contributed by atoms with van der Waals surface area (Å²) in [6.45, 7) is 6.96. The molecule has 9 heteroatoms. The minimum absolute atomic E-state index is 0.508. The van der Waals surface area contributed by atoms with E-state index in [-0.39, 0.29) is 0 Å². The summed E-state index contributed by atoms with van der Waals surface area (Å²) in [5.74, 6) is 0.910. The van der Waals surface area contributed by atoms with Crippen molar-refractivity contribution in [2.24, 2.45) is 4.99 Å². The van der Waals surface area contributed by atoms with Crippen LogP contribution in [0.4, 0.5) is 9.93 Å². The Bertz CT molecular complexity index is 1220. The van der Waals surface area contributed by atoms with Crippen LogP contribution in [0.25, 0.3) is 10.2 Å². The number of amidine groups is 1. The topological polar surface area (TPSA) is 76.0 Å². The van der Waals surface area contributed by atoms with Gasteiger partial charge in [-0.2, -0.15) is 0 Å². The van der Waals surface area contributed by atoms with Crippen LogP contribution >= 0.6 is 27.3 Å². The minimum Gasteiger partial charge on any atom is -0.496 e. The van der Waals surface area contributed by atoms with E-state index in [1.54, 1.807) is 6.26 Å². The highest BCUT2D eigenvalue weighted by Gasteiger charge is 2.34. The van der Waals surface area contributed by atoms with E-state index in [0.717, 1.165) is 44.6 Å². The number of aliphatic imine (C=N–C) groups is 1. The maximum Gasteiger partial charge on any atom is 0.413 e. The van der Waals surface area contributed by atoms with Gasteiger partial charge in [-0.05, 0) is 66.9 Å². The summed E-state index contributed by atoms with van der Waals surface area (Å²) >= 11 is 5.01. The van der Waals surface area contributed by atoms with Gasteiger partial charge in [0.25, 0.3) is 0 Å². The Labute approximate surface area is 192 Å². The summed E-state index contributed by atoms with van der Waals surface area (Å²) in [5.41, 5.74) is 4.79. The zero-order valence-electron chi connectivity index (χ0n) is 17.4. The van der Waals surface area contributed by atoms with Gasteiger partial charge < -0.3 is 14.4 Å². The Balaban J connectivity index is 1.46. The number of nitrogens with zero attached hydrogens (tertiary/aromatic N) is 3. The van der Waals surface area contributed by atoms with Gasteiger partial charge in [0.2, 0.25) is 0 Å². The standard InChI is InChI=1S/C22H21BrN4O3S/c1-22(2,3)30-21(28)26-20-25-16-5-4-12(8-17(16)31-20)19-24-9-14-15(23)11-29-10-13-6-7-27(19)18(13)14/h4-5,8-9,11H,6-7,10H2,1-3H3,(H,25,26,28). The van der Waals surface area contributed by atoms with Gasteiger partial charge in [0, 0.05) is 23.9 Å². The Morgan fingerprint density at radius 1 is 1.35 bits per heavy atom. The van der Waals surface area contributed by atoms with E-state index < -0.39 is 11.7 Å². The summed E-state index contributed by atoms with van der Waals surface area (Å²) in [6.07, 6.45) is 4.08. The number of aromatic nitrogens is 1. The second-order valence-electron chi connectivity index (χ2n) is 8.45. The maximum absolute atomic E-state index is 12.1. The molecule has 31 heavy (non-hydrogen) atoms. The SMILES string of the molecule is CC(C)(C)OC(=O)Nc1nc2ccc(C3=NC=C4C(Br)=COCC5=C4N3CC5)cc2s1. The number of carbonyl (C=O) groups excluding carboxylic acids is 1. The van der Waals surface area contributed by atoms with Gasteiger partial charge >= 0.3 is 6.09 Å². The number of hydrogen-bond acceptors (Lipinski definition) is 7. The van der Waals surface area contributed by atoms with Gasteiger partial charge in [-0.15, -0.1) is 0 Å². The molecule has 0 aliphatic carbocycles. The molecule has 0 saturated heterocycles. The van der Waals surface area contributed by atoms with E-state index in [4.69, 9.17) is 14.5 Å². The predicted octanol–water partition coefficient (Wildman–Crippen LogP) is 5.51. The number of benzene rings is 1. The molecule has 1 aromatic carbocycles. The number of hydrogen-bond donors (Lipinski definition) is 1. The average Bonchev–Trinajstić information content (AvgIpc) is 3.24. The van der Waals surface area contributed by atoms with Gasteiger partial charge in [0.15, 0.2) is 5.13 Å². The van der Waals surface area contributed by atoms with Crippen LogP contribution in [0.2, 0.25) is 0 Å². The molecule has 0 spiro atoms. The van der Waals surface area contributed by atoms with Gasteiger partial charge in [-0.1, -0.05) is 11.3 Å². The molecule has 4 heterocycles. The summed E-state index contributed by atoms with van der Waals surface area (Å²) in [6, 6.07) is 6.05.